The van der Waals surface area contributed by atoms with Crippen molar-refractivity contribution in [1.82, 2.24) is 5.32 Å². The Labute approximate surface area is 63.1 Å². The second kappa shape index (κ2) is 4.66. The molecule has 0 saturated carbocycles. The van der Waals surface area contributed by atoms with Gasteiger partial charge in [0.1, 0.15) is 0 Å². The maximum absolute atomic E-state index is 4.00. The van der Waals surface area contributed by atoms with E-state index >= 15 is 0 Å². The van der Waals surface area contributed by atoms with E-state index in [1.807, 2.05) is 0 Å². The summed E-state index contributed by atoms with van der Waals surface area (Å²) in [6, 6.07) is 0. The van der Waals surface area contributed by atoms with E-state index in [-0.39, 0.29) is 0 Å². The summed E-state index contributed by atoms with van der Waals surface area (Å²) in [4.78, 5) is 0. The lowest BCUT2D eigenvalue weighted by Crippen LogP contribution is -2.32. The van der Waals surface area contributed by atoms with Gasteiger partial charge in [-0.25, -0.2) is 0 Å². The highest BCUT2D eigenvalue weighted by Crippen LogP contribution is 2.25. The number of nitrogens with one attached hydrogen (secondary N) is 1. The Morgan fingerprint density at radius 2 is 1.50 bits per heavy atom. The van der Waals surface area contributed by atoms with Crippen molar-refractivity contribution >= 4 is 0 Å². The predicted molar refractivity (Wildman–Crippen MR) is 44.3 cm³/mol. The highest BCUT2D eigenvalue weighted by atomic mass is 15.0. The molecule has 0 spiro atoms. The molecule has 0 bridgehead atoms. The van der Waals surface area contributed by atoms with Gasteiger partial charge in [0, 0.05) is 0 Å². The molecule has 1 saturated heterocycles. The van der Waals surface area contributed by atoms with Crippen LogP contribution >= 0.6 is 0 Å². The maximum atomic E-state index is 4.00. The van der Waals surface area contributed by atoms with Crippen LogP contribution in [0.2, 0.25) is 0 Å². The number of nitrogens with two attached hydrogens (primary N) is 2. The van der Waals surface area contributed by atoms with E-state index in [2.05, 4.69) is 30.8 Å². The van der Waals surface area contributed by atoms with Crippen LogP contribution in [0.15, 0.2) is 0 Å². The second-order valence-corrected chi connectivity index (χ2v) is 3.41. The van der Waals surface area contributed by atoms with Gasteiger partial charge in [0.25, 0.3) is 0 Å². The fourth-order valence-electron chi connectivity index (χ4n) is 1.10. The third kappa shape index (κ3) is 3.82. The molecule has 1 aliphatic rings. The third-order valence-electron chi connectivity index (χ3n) is 1.96. The monoisotopic (exact) mass is 145 g/mol. The summed E-state index contributed by atoms with van der Waals surface area (Å²) in [5.41, 5.74) is 0.616. The summed E-state index contributed by atoms with van der Waals surface area (Å²) >= 11 is 0. The summed E-state index contributed by atoms with van der Waals surface area (Å²) in [7, 11) is 0. The second-order valence-electron chi connectivity index (χ2n) is 3.41. The lowest BCUT2D eigenvalue weighted by atomic mass is 9.83. The Hall–Kier alpha value is -0.120. The largest absolute Gasteiger partial charge is 0.317 e. The number of hydrazine groups is 1. The van der Waals surface area contributed by atoms with Gasteiger partial charge < -0.3 is 5.32 Å². The molecule has 0 amide bonds. The molecule has 1 aliphatic heterocycles. The molecule has 1 fully saturated rings. The van der Waals surface area contributed by atoms with Crippen molar-refractivity contribution < 1.29 is 0 Å². The van der Waals surface area contributed by atoms with Gasteiger partial charge in [0.2, 0.25) is 0 Å². The van der Waals surface area contributed by atoms with Crippen LogP contribution in [0.1, 0.15) is 26.7 Å². The Bertz CT molecular complexity index is 72.9. The zero-order valence-corrected chi connectivity index (χ0v) is 6.98. The summed E-state index contributed by atoms with van der Waals surface area (Å²) < 4.78 is 0. The molecule has 0 aromatic heterocycles. The topological polar surface area (TPSA) is 64.1 Å². The first kappa shape index (κ1) is 9.88. The highest BCUT2D eigenvalue weighted by Gasteiger charge is 2.19. The van der Waals surface area contributed by atoms with E-state index in [1.165, 1.54) is 25.9 Å². The van der Waals surface area contributed by atoms with Crippen molar-refractivity contribution in [3.05, 3.63) is 0 Å². The van der Waals surface area contributed by atoms with Gasteiger partial charge in [-0.15, -0.1) is 0 Å². The van der Waals surface area contributed by atoms with E-state index in [4.69, 9.17) is 0 Å². The predicted octanol–water partition coefficient (Wildman–Crippen LogP) is 0.215. The van der Waals surface area contributed by atoms with Crippen LogP contribution in [-0.4, -0.2) is 13.1 Å². The number of hydrogen-bond donors (Lipinski definition) is 3. The zero-order valence-electron chi connectivity index (χ0n) is 6.98. The molecule has 62 valence electrons. The van der Waals surface area contributed by atoms with Gasteiger partial charge in [-0.2, -0.15) is 0 Å². The standard InChI is InChI=1S/C7H15N.H4N2/c1-7(2)3-5-8-6-4-7;1-2/h8H,3-6H2,1-2H3;1-2H2. The Kier molecular flexibility index (Phi) is 4.60. The molecule has 1 heterocycles. The molecule has 10 heavy (non-hydrogen) atoms. The van der Waals surface area contributed by atoms with Crippen molar-refractivity contribution in [2.75, 3.05) is 13.1 Å². The number of hydrogen-bond acceptors (Lipinski definition) is 3. The molecule has 0 unspecified atom stereocenters. The van der Waals surface area contributed by atoms with Gasteiger partial charge in [0.15, 0.2) is 0 Å². The maximum Gasteiger partial charge on any atom is -0.00438 e. The fourth-order valence-corrected chi connectivity index (χ4v) is 1.10. The molecule has 3 nitrogen and oxygen atoms in total. The lowest BCUT2D eigenvalue weighted by Gasteiger charge is -2.29. The normalized spacial score (nSPS) is 22.8. The lowest BCUT2D eigenvalue weighted by molar-refractivity contribution is 0.259. The molecule has 0 aromatic carbocycles. The summed E-state index contributed by atoms with van der Waals surface area (Å²) in [6.45, 7) is 7.11. The van der Waals surface area contributed by atoms with Crippen molar-refractivity contribution in [1.29, 1.82) is 0 Å². The van der Waals surface area contributed by atoms with Gasteiger partial charge in [0.05, 0.1) is 0 Å². The van der Waals surface area contributed by atoms with E-state index in [0.29, 0.717) is 5.41 Å². The molecular formula is C7H19N3. The third-order valence-corrected chi connectivity index (χ3v) is 1.96. The molecule has 0 radical (unpaired) electrons. The average molecular weight is 145 g/mol. The Morgan fingerprint density at radius 3 is 1.70 bits per heavy atom. The molecule has 1 rings (SSSR count). The summed E-state index contributed by atoms with van der Waals surface area (Å²) in [5, 5.41) is 3.34. The minimum atomic E-state index is 0.616. The molecule has 0 aliphatic carbocycles. The average Bonchev–Trinajstić information content (AvgIpc) is 1.92. The first-order chi connectivity index (χ1) is 4.71. The number of piperidine rings is 1. The first-order valence-corrected chi connectivity index (χ1v) is 3.75. The number of rotatable bonds is 0. The molecular weight excluding hydrogens is 126 g/mol. The van der Waals surface area contributed by atoms with Crippen molar-refractivity contribution in [3.8, 4) is 0 Å². The van der Waals surface area contributed by atoms with E-state index in [9.17, 15) is 0 Å². The van der Waals surface area contributed by atoms with Crippen LogP contribution < -0.4 is 17.0 Å². The van der Waals surface area contributed by atoms with Crippen molar-refractivity contribution in [2.24, 2.45) is 17.1 Å². The van der Waals surface area contributed by atoms with Crippen LogP contribution in [0.3, 0.4) is 0 Å². The Morgan fingerprint density at radius 1 is 1.10 bits per heavy atom. The fraction of sp³-hybridized carbons (Fsp3) is 1.00. The summed E-state index contributed by atoms with van der Waals surface area (Å²) in [5.74, 6) is 8.00. The molecule has 5 N–H and O–H groups in total. The zero-order chi connectivity index (χ0) is 8.04. The van der Waals surface area contributed by atoms with Gasteiger partial charge >= 0.3 is 0 Å². The van der Waals surface area contributed by atoms with Crippen molar-refractivity contribution in [3.63, 3.8) is 0 Å². The smallest absolute Gasteiger partial charge is 0.00438 e. The highest BCUT2D eigenvalue weighted by molar-refractivity contribution is 4.75. The van der Waals surface area contributed by atoms with Gasteiger partial charge in [-0.1, -0.05) is 13.8 Å². The van der Waals surface area contributed by atoms with Crippen LogP contribution in [-0.2, 0) is 0 Å². The van der Waals surface area contributed by atoms with Crippen LogP contribution in [0.4, 0.5) is 0 Å². The van der Waals surface area contributed by atoms with E-state index < -0.39 is 0 Å². The van der Waals surface area contributed by atoms with E-state index in [1.54, 1.807) is 0 Å². The quantitative estimate of drug-likeness (QED) is 0.337. The SMILES string of the molecule is CC1(C)CCNCC1.NN. The van der Waals surface area contributed by atoms with E-state index in [0.717, 1.165) is 0 Å². The summed E-state index contributed by atoms with van der Waals surface area (Å²) in [6.07, 6.45) is 2.68. The van der Waals surface area contributed by atoms with Crippen LogP contribution in [0.25, 0.3) is 0 Å². The van der Waals surface area contributed by atoms with Crippen molar-refractivity contribution in [2.45, 2.75) is 26.7 Å². The molecule has 3 heteroatoms. The molecule has 0 atom stereocenters. The Balaban J connectivity index is 0.000000371. The molecule has 0 aromatic rings. The first-order valence-electron chi connectivity index (χ1n) is 3.75. The minimum Gasteiger partial charge on any atom is -0.317 e. The van der Waals surface area contributed by atoms with Crippen LogP contribution in [0.5, 0.6) is 0 Å². The van der Waals surface area contributed by atoms with Gasteiger partial charge in [-0.05, 0) is 31.3 Å². The minimum absolute atomic E-state index is 0.616. The van der Waals surface area contributed by atoms with Gasteiger partial charge in [-0.3, -0.25) is 11.7 Å². The van der Waals surface area contributed by atoms with Crippen LogP contribution in [0, 0.1) is 5.41 Å².